The number of hydrogen-bond acceptors (Lipinski definition) is 4. The number of carbonyl (C=O) groups excluding carboxylic acids is 2. The fraction of sp³-hybridized carbons (Fsp3) is 0.300. The van der Waals surface area contributed by atoms with Crippen LogP contribution in [0.25, 0.3) is 0 Å². The van der Waals surface area contributed by atoms with Crippen LogP contribution in [0.3, 0.4) is 0 Å². The van der Waals surface area contributed by atoms with Crippen LogP contribution in [0.2, 0.25) is 0 Å². The monoisotopic (exact) mass is 370 g/mol. The second kappa shape index (κ2) is 8.27. The van der Waals surface area contributed by atoms with Crippen molar-refractivity contribution in [3.8, 4) is 5.75 Å². The smallest absolute Gasteiger partial charge is 0.255 e. The third-order valence-electron chi connectivity index (χ3n) is 4.26. The number of nitrogens with one attached hydrogen (secondary N) is 1. The van der Waals surface area contributed by atoms with Gasteiger partial charge >= 0.3 is 0 Å². The standard InChI is InChI=1S/C20H22N2O3S/c1-3-25-16-10-8-15(9-11-16)20(24)22-13-26-12-18(22)19(23)21-17-7-5-4-6-14(17)2/h4-11,18H,3,12-13H2,1-2H3,(H,21,23)/t18-/m1/s1. The van der Waals surface area contributed by atoms with Crippen LogP contribution < -0.4 is 10.1 Å². The van der Waals surface area contributed by atoms with Crippen molar-refractivity contribution >= 4 is 29.3 Å². The van der Waals surface area contributed by atoms with Gasteiger partial charge in [0.05, 0.1) is 12.5 Å². The summed E-state index contributed by atoms with van der Waals surface area (Å²) >= 11 is 1.59. The molecule has 6 heteroatoms. The molecule has 0 spiro atoms. The van der Waals surface area contributed by atoms with Crippen molar-refractivity contribution in [2.75, 3.05) is 23.6 Å². The molecular weight excluding hydrogens is 348 g/mol. The summed E-state index contributed by atoms with van der Waals surface area (Å²) < 4.78 is 5.41. The quantitative estimate of drug-likeness (QED) is 0.874. The lowest BCUT2D eigenvalue weighted by atomic mass is 10.1. The minimum absolute atomic E-state index is 0.136. The van der Waals surface area contributed by atoms with Crippen LogP contribution in [0.4, 0.5) is 5.69 Å². The predicted molar refractivity (Wildman–Crippen MR) is 105 cm³/mol. The summed E-state index contributed by atoms with van der Waals surface area (Å²) in [6.07, 6.45) is 0. The van der Waals surface area contributed by atoms with Gasteiger partial charge in [0.15, 0.2) is 0 Å². The Kier molecular flexibility index (Phi) is 5.83. The molecule has 0 unspecified atom stereocenters. The van der Waals surface area contributed by atoms with E-state index < -0.39 is 6.04 Å². The molecule has 0 radical (unpaired) electrons. The number of ether oxygens (including phenoxy) is 1. The highest BCUT2D eigenvalue weighted by Crippen LogP contribution is 2.25. The third-order valence-corrected chi connectivity index (χ3v) is 5.27. The molecule has 1 saturated heterocycles. The molecule has 26 heavy (non-hydrogen) atoms. The average Bonchev–Trinajstić information content (AvgIpc) is 3.14. The Bertz CT molecular complexity index is 792. The zero-order valence-corrected chi connectivity index (χ0v) is 15.7. The Morgan fingerprint density at radius 3 is 2.62 bits per heavy atom. The van der Waals surface area contributed by atoms with Gasteiger partial charge in [-0.25, -0.2) is 0 Å². The van der Waals surface area contributed by atoms with Crippen LogP contribution in [0, 0.1) is 6.92 Å². The van der Waals surface area contributed by atoms with Crippen LogP contribution in [0.1, 0.15) is 22.8 Å². The first kappa shape index (κ1) is 18.3. The molecule has 5 nitrogen and oxygen atoms in total. The lowest BCUT2D eigenvalue weighted by Crippen LogP contribution is -2.44. The first-order chi connectivity index (χ1) is 12.6. The molecule has 1 atom stereocenters. The first-order valence-corrected chi connectivity index (χ1v) is 9.73. The zero-order chi connectivity index (χ0) is 18.5. The Hall–Kier alpha value is -2.47. The average molecular weight is 370 g/mol. The van der Waals surface area contributed by atoms with Crippen molar-refractivity contribution in [3.05, 3.63) is 59.7 Å². The molecule has 0 saturated carbocycles. The highest BCUT2D eigenvalue weighted by Gasteiger charge is 2.35. The van der Waals surface area contributed by atoms with Crippen LogP contribution in [-0.4, -0.2) is 41.0 Å². The first-order valence-electron chi connectivity index (χ1n) is 8.58. The van der Waals surface area contributed by atoms with Gasteiger partial charge in [0.2, 0.25) is 5.91 Å². The SMILES string of the molecule is CCOc1ccc(C(=O)N2CSC[C@@H]2C(=O)Nc2ccccc2C)cc1. The number of para-hydroxylation sites is 1. The van der Waals surface area contributed by atoms with Gasteiger partial charge in [-0.3, -0.25) is 9.59 Å². The maximum atomic E-state index is 12.8. The van der Waals surface area contributed by atoms with Crippen LogP contribution in [0.5, 0.6) is 5.75 Å². The second-order valence-electron chi connectivity index (χ2n) is 6.05. The summed E-state index contributed by atoms with van der Waals surface area (Å²) in [5, 5.41) is 2.95. The van der Waals surface area contributed by atoms with Gasteiger partial charge in [-0.2, -0.15) is 0 Å². The number of thioether (sulfide) groups is 1. The van der Waals surface area contributed by atoms with E-state index >= 15 is 0 Å². The number of hydrogen-bond donors (Lipinski definition) is 1. The number of rotatable bonds is 5. The molecule has 0 aromatic heterocycles. The van der Waals surface area contributed by atoms with E-state index in [4.69, 9.17) is 4.74 Å². The minimum Gasteiger partial charge on any atom is -0.494 e. The van der Waals surface area contributed by atoms with Crippen molar-refractivity contribution < 1.29 is 14.3 Å². The summed E-state index contributed by atoms with van der Waals surface area (Å²) in [6, 6.07) is 14.2. The molecular formula is C20H22N2O3S. The molecule has 1 heterocycles. The van der Waals surface area contributed by atoms with Crippen LogP contribution >= 0.6 is 11.8 Å². The van der Waals surface area contributed by atoms with E-state index in [2.05, 4.69) is 5.32 Å². The second-order valence-corrected chi connectivity index (χ2v) is 7.05. The fourth-order valence-electron chi connectivity index (χ4n) is 2.82. The summed E-state index contributed by atoms with van der Waals surface area (Å²) in [7, 11) is 0. The van der Waals surface area contributed by atoms with Crippen molar-refractivity contribution in [2.45, 2.75) is 19.9 Å². The molecule has 0 bridgehead atoms. The molecule has 1 N–H and O–H groups in total. The summed E-state index contributed by atoms with van der Waals surface area (Å²) in [5.41, 5.74) is 2.34. The number of nitrogens with zero attached hydrogens (tertiary/aromatic N) is 1. The molecule has 1 aliphatic rings. The Labute approximate surface area is 157 Å². The van der Waals surface area contributed by atoms with Crippen molar-refractivity contribution in [2.24, 2.45) is 0 Å². The number of anilines is 1. The topological polar surface area (TPSA) is 58.6 Å². The molecule has 1 fully saturated rings. The molecule has 2 aromatic rings. The van der Waals surface area contributed by atoms with E-state index in [1.54, 1.807) is 40.9 Å². The van der Waals surface area contributed by atoms with Gasteiger partial charge in [0, 0.05) is 17.0 Å². The van der Waals surface area contributed by atoms with E-state index in [1.165, 1.54) is 0 Å². The van der Waals surface area contributed by atoms with Gasteiger partial charge < -0.3 is 15.0 Å². The number of carbonyl (C=O) groups is 2. The van der Waals surface area contributed by atoms with Crippen LogP contribution in [-0.2, 0) is 4.79 Å². The lowest BCUT2D eigenvalue weighted by molar-refractivity contribution is -0.119. The largest absolute Gasteiger partial charge is 0.494 e. The summed E-state index contributed by atoms with van der Waals surface area (Å²) in [6.45, 7) is 4.44. The van der Waals surface area contributed by atoms with Crippen molar-refractivity contribution in [1.29, 1.82) is 0 Å². The molecule has 0 aliphatic carbocycles. The highest BCUT2D eigenvalue weighted by atomic mass is 32.2. The normalized spacial score (nSPS) is 16.4. The van der Waals surface area contributed by atoms with Gasteiger partial charge in [0.25, 0.3) is 5.91 Å². The molecule has 136 valence electrons. The number of amides is 2. The maximum absolute atomic E-state index is 12.8. The number of benzene rings is 2. The van der Waals surface area contributed by atoms with Gasteiger partial charge in [-0.1, -0.05) is 18.2 Å². The Morgan fingerprint density at radius 2 is 1.92 bits per heavy atom. The Morgan fingerprint density at radius 1 is 1.19 bits per heavy atom. The van der Waals surface area contributed by atoms with Gasteiger partial charge in [-0.05, 0) is 49.7 Å². The third kappa shape index (κ3) is 4.02. The molecule has 2 aromatic carbocycles. The van der Waals surface area contributed by atoms with E-state index in [-0.39, 0.29) is 11.8 Å². The lowest BCUT2D eigenvalue weighted by Gasteiger charge is -2.23. The summed E-state index contributed by atoms with van der Waals surface area (Å²) in [5.74, 6) is 1.55. The van der Waals surface area contributed by atoms with Crippen LogP contribution in [0.15, 0.2) is 48.5 Å². The molecule has 1 aliphatic heterocycles. The summed E-state index contributed by atoms with van der Waals surface area (Å²) in [4.78, 5) is 27.2. The maximum Gasteiger partial charge on any atom is 0.255 e. The highest BCUT2D eigenvalue weighted by molar-refractivity contribution is 7.99. The molecule has 3 rings (SSSR count). The van der Waals surface area contributed by atoms with Gasteiger partial charge in [-0.15, -0.1) is 11.8 Å². The van der Waals surface area contributed by atoms with E-state index in [0.717, 1.165) is 17.0 Å². The van der Waals surface area contributed by atoms with Gasteiger partial charge in [0.1, 0.15) is 11.8 Å². The number of aryl methyl sites for hydroxylation is 1. The Balaban J connectivity index is 1.71. The van der Waals surface area contributed by atoms with Crippen molar-refractivity contribution in [1.82, 2.24) is 4.90 Å². The fourth-order valence-corrected chi connectivity index (χ4v) is 3.97. The molecule has 2 amide bonds. The minimum atomic E-state index is -0.473. The van der Waals surface area contributed by atoms with E-state index in [9.17, 15) is 9.59 Å². The predicted octanol–water partition coefficient (Wildman–Crippen LogP) is 3.55. The zero-order valence-electron chi connectivity index (χ0n) is 14.9. The van der Waals surface area contributed by atoms with E-state index in [0.29, 0.717) is 23.8 Å². The van der Waals surface area contributed by atoms with E-state index in [1.807, 2.05) is 38.1 Å². The van der Waals surface area contributed by atoms with Crippen molar-refractivity contribution in [3.63, 3.8) is 0 Å².